The standard InChI is InChI=1S/C11H16N4/c1-8-6-10-11(13-7-8)15(5-3-4-12)9(2)14-10/h6-7H,3-5,12H2,1-2H3. The monoisotopic (exact) mass is 204 g/mol. The molecule has 0 fully saturated rings. The summed E-state index contributed by atoms with van der Waals surface area (Å²) in [6.07, 6.45) is 2.84. The molecule has 0 aromatic carbocycles. The van der Waals surface area contributed by atoms with Crippen molar-refractivity contribution in [1.82, 2.24) is 14.5 Å². The van der Waals surface area contributed by atoms with Gasteiger partial charge in [-0.2, -0.15) is 0 Å². The summed E-state index contributed by atoms with van der Waals surface area (Å²) >= 11 is 0. The first-order valence-corrected chi connectivity index (χ1v) is 5.22. The van der Waals surface area contributed by atoms with E-state index in [1.807, 2.05) is 20.0 Å². The Morgan fingerprint density at radius 1 is 1.40 bits per heavy atom. The number of aromatic nitrogens is 3. The molecule has 0 radical (unpaired) electrons. The average molecular weight is 204 g/mol. The fourth-order valence-corrected chi connectivity index (χ4v) is 1.74. The van der Waals surface area contributed by atoms with Gasteiger partial charge in [0.15, 0.2) is 5.65 Å². The third-order valence-electron chi connectivity index (χ3n) is 2.50. The van der Waals surface area contributed by atoms with Gasteiger partial charge in [0.2, 0.25) is 0 Å². The molecule has 2 aromatic rings. The summed E-state index contributed by atoms with van der Waals surface area (Å²) in [7, 11) is 0. The molecule has 4 heteroatoms. The Kier molecular flexibility index (Phi) is 2.68. The van der Waals surface area contributed by atoms with Gasteiger partial charge in [-0.1, -0.05) is 0 Å². The van der Waals surface area contributed by atoms with Crippen LogP contribution in [0.1, 0.15) is 17.8 Å². The molecule has 0 aliphatic carbocycles. The molecule has 2 aromatic heterocycles. The third kappa shape index (κ3) is 1.85. The minimum Gasteiger partial charge on any atom is -0.330 e. The van der Waals surface area contributed by atoms with Crippen molar-refractivity contribution < 1.29 is 0 Å². The van der Waals surface area contributed by atoms with Gasteiger partial charge in [-0.25, -0.2) is 9.97 Å². The van der Waals surface area contributed by atoms with Crippen LogP contribution in [0.4, 0.5) is 0 Å². The highest BCUT2D eigenvalue weighted by atomic mass is 15.1. The second-order valence-electron chi connectivity index (χ2n) is 3.81. The Balaban J connectivity index is 2.48. The molecular weight excluding hydrogens is 188 g/mol. The van der Waals surface area contributed by atoms with Crippen molar-refractivity contribution >= 4 is 11.2 Å². The van der Waals surface area contributed by atoms with Crippen molar-refractivity contribution in [1.29, 1.82) is 0 Å². The van der Waals surface area contributed by atoms with Crippen molar-refractivity contribution in [3.63, 3.8) is 0 Å². The first kappa shape index (κ1) is 10.1. The Hall–Kier alpha value is -1.42. The summed E-state index contributed by atoms with van der Waals surface area (Å²) in [5.41, 5.74) is 8.59. The Bertz CT molecular complexity index is 473. The van der Waals surface area contributed by atoms with Crippen LogP contribution in [-0.2, 0) is 6.54 Å². The summed E-state index contributed by atoms with van der Waals surface area (Å²) in [4.78, 5) is 8.90. The van der Waals surface area contributed by atoms with Crippen LogP contribution in [0.5, 0.6) is 0 Å². The summed E-state index contributed by atoms with van der Waals surface area (Å²) in [5, 5.41) is 0. The number of nitrogens with zero attached hydrogens (tertiary/aromatic N) is 3. The molecule has 0 aliphatic heterocycles. The highest BCUT2D eigenvalue weighted by Gasteiger charge is 2.07. The Morgan fingerprint density at radius 2 is 2.20 bits per heavy atom. The van der Waals surface area contributed by atoms with Gasteiger partial charge in [0.05, 0.1) is 0 Å². The SMILES string of the molecule is Cc1cnc2c(c1)nc(C)n2CCCN. The fourth-order valence-electron chi connectivity index (χ4n) is 1.74. The van der Waals surface area contributed by atoms with E-state index in [1.54, 1.807) is 0 Å². The van der Waals surface area contributed by atoms with Gasteiger partial charge in [0, 0.05) is 12.7 Å². The fraction of sp³-hybridized carbons (Fsp3) is 0.455. The molecule has 2 heterocycles. The third-order valence-corrected chi connectivity index (χ3v) is 2.50. The number of fused-ring (bicyclic) bond motifs is 1. The number of aryl methyl sites for hydroxylation is 3. The smallest absolute Gasteiger partial charge is 0.159 e. The maximum absolute atomic E-state index is 5.51. The molecule has 0 saturated carbocycles. The average Bonchev–Trinajstić information content (AvgIpc) is 2.50. The Labute approximate surface area is 89.1 Å². The van der Waals surface area contributed by atoms with E-state index in [2.05, 4.69) is 20.6 Å². The summed E-state index contributed by atoms with van der Waals surface area (Å²) < 4.78 is 2.13. The van der Waals surface area contributed by atoms with Gasteiger partial charge >= 0.3 is 0 Å². The van der Waals surface area contributed by atoms with Gasteiger partial charge < -0.3 is 10.3 Å². The Morgan fingerprint density at radius 3 is 2.93 bits per heavy atom. The maximum Gasteiger partial charge on any atom is 0.159 e. The van der Waals surface area contributed by atoms with Crippen molar-refractivity contribution in [3.05, 3.63) is 23.7 Å². The molecule has 2 rings (SSSR count). The predicted molar refractivity (Wildman–Crippen MR) is 60.7 cm³/mol. The molecule has 0 spiro atoms. The maximum atomic E-state index is 5.51. The van der Waals surface area contributed by atoms with Crippen molar-refractivity contribution in [2.24, 2.45) is 5.73 Å². The molecule has 15 heavy (non-hydrogen) atoms. The number of rotatable bonds is 3. The van der Waals surface area contributed by atoms with E-state index in [-0.39, 0.29) is 0 Å². The van der Waals surface area contributed by atoms with Crippen LogP contribution in [0.2, 0.25) is 0 Å². The van der Waals surface area contributed by atoms with E-state index < -0.39 is 0 Å². The summed E-state index contributed by atoms with van der Waals surface area (Å²) in [6.45, 7) is 5.63. The van der Waals surface area contributed by atoms with Crippen LogP contribution in [0.25, 0.3) is 11.2 Å². The summed E-state index contributed by atoms with van der Waals surface area (Å²) in [5.74, 6) is 1.01. The lowest BCUT2D eigenvalue weighted by atomic mass is 10.3. The summed E-state index contributed by atoms with van der Waals surface area (Å²) in [6, 6.07) is 2.06. The highest BCUT2D eigenvalue weighted by Crippen LogP contribution is 2.14. The van der Waals surface area contributed by atoms with Crippen LogP contribution >= 0.6 is 0 Å². The topological polar surface area (TPSA) is 56.7 Å². The van der Waals surface area contributed by atoms with Crippen LogP contribution in [-0.4, -0.2) is 21.1 Å². The highest BCUT2D eigenvalue weighted by molar-refractivity contribution is 5.72. The zero-order valence-corrected chi connectivity index (χ0v) is 9.20. The number of hydrogen-bond acceptors (Lipinski definition) is 3. The van der Waals surface area contributed by atoms with Crippen molar-refractivity contribution in [2.75, 3.05) is 6.54 Å². The van der Waals surface area contributed by atoms with Crippen LogP contribution in [0, 0.1) is 13.8 Å². The molecular formula is C11H16N4. The number of imidazole rings is 1. The van der Waals surface area contributed by atoms with Crippen LogP contribution in [0.3, 0.4) is 0 Å². The largest absolute Gasteiger partial charge is 0.330 e. The molecule has 0 unspecified atom stereocenters. The second kappa shape index (κ2) is 3.98. The van der Waals surface area contributed by atoms with Gasteiger partial charge in [0.25, 0.3) is 0 Å². The van der Waals surface area contributed by atoms with E-state index in [4.69, 9.17) is 5.73 Å². The molecule has 0 atom stereocenters. The van der Waals surface area contributed by atoms with Crippen LogP contribution in [0.15, 0.2) is 12.3 Å². The first-order valence-electron chi connectivity index (χ1n) is 5.22. The number of hydrogen-bond donors (Lipinski definition) is 1. The lowest BCUT2D eigenvalue weighted by molar-refractivity contribution is 0.644. The number of pyridine rings is 1. The molecule has 0 amide bonds. The van der Waals surface area contributed by atoms with E-state index >= 15 is 0 Å². The van der Waals surface area contributed by atoms with Gasteiger partial charge in [0.1, 0.15) is 11.3 Å². The zero-order valence-electron chi connectivity index (χ0n) is 9.20. The minimum absolute atomic E-state index is 0.699. The van der Waals surface area contributed by atoms with E-state index in [1.165, 1.54) is 0 Å². The molecule has 4 nitrogen and oxygen atoms in total. The lowest BCUT2D eigenvalue weighted by Gasteiger charge is -2.04. The van der Waals surface area contributed by atoms with Crippen molar-refractivity contribution in [2.45, 2.75) is 26.8 Å². The first-order chi connectivity index (χ1) is 7.22. The van der Waals surface area contributed by atoms with Gasteiger partial charge in [-0.15, -0.1) is 0 Å². The second-order valence-corrected chi connectivity index (χ2v) is 3.81. The molecule has 80 valence electrons. The van der Waals surface area contributed by atoms with E-state index in [0.717, 1.165) is 35.5 Å². The molecule has 0 saturated heterocycles. The van der Waals surface area contributed by atoms with E-state index in [9.17, 15) is 0 Å². The predicted octanol–water partition coefficient (Wildman–Crippen LogP) is 1.40. The molecule has 2 N–H and O–H groups in total. The zero-order chi connectivity index (χ0) is 10.8. The van der Waals surface area contributed by atoms with Gasteiger partial charge in [-0.3, -0.25) is 0 Å². The molecule has 0 bridgehead atoms. The quantitative estimate of drug-likeness (QED) is 0.822. The normalized spacial score (nSPS) is 11.1. The molecule has 0 aliphatic rings. The van der Waals surface area contributed by atoms with Crippen molar-refractivity contribution in [3.8, 4) is 0 Å². The lowest BCUT2D eigenvalue weighted by Crippen LogP contribution is -2.07. The number of nitrogens with two attached hydrogens (primary N) is 1. The van der Waals surface area contributed by atoms with E-state index in [0.29, 0.717) is 6.54 Å². The van der Waals surface area contributed by atoms with Crippen LogP contribution < -0.4 is 5.73 Å². The van der Waals surface area contributed by atoms with Gasteiger partial charge in [-0.05, 0) is 38.4 Å². The minimum atomic E-state index is 0.699.